The molecule has 1 fully saturated rings. The van der Waals surface area contributed by atoms with E-state index in [0.717, 1.165) is 24.3 Å². The molecule has 1 aliphatic carbocycles. The third kappa shape index (κ3) is 4.49. The van der Waals surface area contributed by atoms with Crippen molar-refractivity contribution in [2.45, 2.75) is 51.0 Å². The molecule has 0 aliphatic heterocycles. The van der Waals surface area contributed by atoms with Crippen molar-refractivity contribution in [2.75, 3.05) is 6.54 Å². The van der Waals surface area contributed by atoms with Crippen LogP contribution in [0.3, 0.4) is 0 Å². The average molecular weight is 422 g/mol. The standard InChI is InChI=1S/C16H24ClN3.HI/c1-3-12(2)20-15(18)19-11-16(9-6-10-16)13-7-4-5-8-14(13)17;/h4-5,7-8,12H,3,6,9-11H2,1-2H3,(H3,18,19,20);1H. The number of hydrogen-bond donors (Lipinski definition) is 2. The largest absolute Gasteiger partial charge is 0.370 e. The summed E-state index contributed by atoms with van der Waals surface area (Å²) >= 11 is 6.35. The Morgan fingerprint density at radius 2 is 2.10 bits per heavy atom. The zero-order chi connectivity index (χ0) is 14.6. The van der Waals surface area contributed by atoms with Gasteiger partial charge in [-0.2, -0.15) is 0 Å². The molecule has 118 valence electrons. The lowest BCUT2D eigenvalue weighted by molar-refractivity contribution is 0.253. The SMILES string of the molecule is CCC(C)NC(N)=NCC1(c2ccccc2Cl)CCC1.I. The molecule has 1 aromatic rings. The van der Waals surface area contributed by atoms with Crippen LogP contribution < -0.4 is 11.1 Å². The van der Waals surface area contributed by atoms with Crippen LogP contribution in [0.15, 0.2) is 29.3 Å². The van der Waals surface area contributed by atoms with Gasteiger partial charge < -0.3 is 11.1 Å². The van der Waals surface area contributed by atoms with Gasteiger partial charge in [0, 0.05) is 16.5 Å². The van der Waals surface area contributed by atoms with Gasteiger partial charge in [0.2, 0.25) is 0 Å². The van der Waals surface area contributed by atoms with Crippen molar-refractivity contribution >= 4 is 41.5 Å². The van der Waals surface area contributed by atoms with Gasteiger partial charge in [-0.1, -0.05) is 43.1 Å². The van der Waals surface area contributed by atoms with Gasteiger partial charge >= 0.3 is 0 Å². The summed E-state index contributed by atoms with van der Waals surface area (Å²) in [5, 5.41) is 4.05. The summed E-state index contributed by atoms with van der Waals surface area (Å²) in [4.78, 5) is 4.55. The molecule has 2 rings (SSSR count). The van der Waals surface area contributed by atoms with Gasteiger partial charge in [-0.15, -0.1) is 24.0 Å². The highest BCUT2D eigenvalue weighted by molar-refractivity contribution is 14.0. The van der Waals surface area contributed by atoms with Crippen LogP contribution in [0.4, 0.5) is 0 Å². The molecular weight excluding hydrogens is 397 g/mol. The van der Waals surface area contributed by atoms with Gasteiger partial charge in [0.25, 0.3) is 0 Å². The van der Waals surface area contributed by atoms with Gasteiger partial charge in [0.05, 0.1) is 6.54 Å². The summed E-state index contributed by atoms with van der Waals surface area (Å²) in [5.41, 5.74) is 7.26. The minimum atomic E-state index is 0. The van der Waals surface area contributed by atoms with Crippen LogP contribution in [-0.4, -0.2) is 18.5 Å². The molecule has 3 N–H and O–H groups in total. The number of hydrogen-bond acceptors (Lipinski definition) is 1. The first-order chi connectivity index (χ1) is 9.57. The zero-order valence-electron chi connectivity index (χ0n) is 12.7. The smallest absolute Gasteiger partial charge is 0.188 e. The molecule has 1 atom stereocenters. The lowest BCUT2D eigenvalue weighted by Crippen LogP contribution is -2.42. The van der Waals surface area contributed by atoms with Crippen LogP contribution in [0.1, 0.15) is 45.1 Å². The number of guanidine groups is 1. The lowest BCUT2D eigenvalue weighted by Gasteiger charge is -2.41. The Morgan fingerprint density at radius 3 is 2.62 bits per heavy atom. The summed E-state index contributed by atoms with van der Waals surface area (Å²) in [6.07, 6.45) is 4.54. The maximum absolute atomic E-state index is 6.35. The Kier molecular flexibility index (Phi) is 7.27. The molecular formula is C16H25ClIN3. The number of aliphatic imine (C=N–C) groups is 1. The third-order valence-corrected chi connectivity index (χ3v) is 4.64. The molecule has 0 radical (unpaired) electrons. The molecule has 0 aromatic heterocycles. The molecule has 1 aromatic carbocycles. The van der Waals surface area contributed by atoms with Crippen LogP contribution in [0.25, 0.3) is 0 Å². The molecule has 3 nitrogen and oxygen atoms in total. The Bertz CT molecular complexity index is 486. The molecule has 1 saturated carbocycles. The molecule has 0 spiro atoms. The van der Waals surface area contributed by atoms with Crippen LogP contribution >= 0.6 is 35.6 Å². The molecule has 0 saturated heterocycles. The first-order valence-electron chi connectivity index (χ1n) is 7.39. The quantitative estimate of drug-likeness (QED) is 0.427. The summed E-state index contributed by atoms with van der Waals surface area (Å²) < 4.78 is 0. The predicted molar refractivity (Wildman–Crippen MR) is 102 cm³/mol. The van der Waals surface area contributed by atoms with Crippen LogP contribution in [0.5, 0.6) is 0 Å². The van der Waals surface area contributed by atoms with Crippen molar-refractivity contribution in [3.05, 3.63) is 34.9 Å². The summed E-state index contributed by atoms with van der Waals surface area (Å²) in [5.74, 6) is 0.540. The maximum atomic E-state index is 6.35. The lowest BCUT2D eigenvalue weighted by atomic mass is 9.64. The first kappa shape index (κ1) is 18.6. The van der Waals surface area contributed by atoms with E-state index in [9.17, 15) is 0 Å². The predicted octanol–water partition coefficient (Wildman–Crippen LogP) is 4.08. The topological polar surface area (TPSA) is 50.4 Å². The van der Waals surface area contributed by atoms with E-state index in [-0.39, 0.29) is 29.4 Å². The molecule has 21 heavy (non-hydrogen) atoms. The second-order valence-corrected chi connectivity index (χ2v) is 6.18. The van der Waals surface area contributed by atoms with Crippen molar-refractivity contribution in [3.63, 3.8) is 0 Å². The fraction of sp³-hybridized carbons (Fsp3) is 0.562. The van der Waals surface area contributed by atoms with Crippen LogP contribution in [-0.2, 0) is 5.41 Å². The van der Waals surface area contributed by atoms with E-state index < -0.39 is 0 Å². The van der Waals surface area contributed by atoms with Gasteiger partial charge in [-0.3, -0.25) is 4.99 Å². The molecule has 0 bridgehead atoms. The first-order valence-corrected chi connectivity index (χ1v) is 7.76. The third-order valence-electron chi connectivity index (χ3n) is 4.31. The molecule has 1 unspecified atom stereocenters. The van der Waals surface area contributed by atoms with E-state index in [0.29, 0.717) is 18.5 Å². The van der Waals surface area contributed by atoms with E-state index >= 15 is 0 Å². The minimum absolute atomic E-state index is 0. The van der Waals surface area contributed by atoms with Crippen LogP contribution in [0.2, 0.25) is 5.02 Å². The number of rotatable bonds is 5. The summed E-state index contributed by atoms with van der Waals surface area (Å²) in [6, 6.07) is 8.46. The fourth-order valence-corrected chi connectivity index (χ4v) is 2.98. The van der Waals surface area contributed by atoms with Gasteiger partial charge in [-0.05, 0) is 37.8 Å². The van der Waals surface area contributed by atoms with Gasteiger partial charge in [-0.25, -0.2) is 0 Å². The Morgan fingerprint density at radius 1 is 1.43 bits per heavy atom. The fourth-order valence-electron chi connectivity index (χ4n) is 2.64. The number of benzene rings is 1. The molecule has 0 amide bonds. The number of nitrogens with two attached hydrogens (primary N) is 1. The summed E-state index contributed by atoms with van der Waals surface area (Å²) in [6.45, 7) is 4.95. The molecule has 1 aliphatic rings. The number of halogens is 2. The Balaban J connectivity index is 0.00000220. The normalized spacial score (nSPS) is 18.3. The van der Waals surface area contributed by atoms with Crippen molar-refractivity contribution in [2.24, 2.45) is 10.7 Å². The van der Waals surface area contributed by atoms with Crippen molar-refractivity contribution in [3.8, 4) is 0 Å². The number of nitrogens with one attached hydrogen (secondary N) is 1. The van der Waals surface area contributed by atoms with Gasteiger partial charge in [0.1, 0.15) is 0 Å². The zero-order valence-corrected chi connectivity index (χ0v) is 15.8. The Labute approximate surface area is 149 Å². The van der Waals surface area contributed by atoms with E-state index in [4.69, 9.17) is 17.3 Å². The van der Waals surface area contributed by atoms with Crippen LogP contribution in [0, 0.1) is 0 Å². The molecule has 0 heterocycles. The highest BCUT2D eigenvalue weighted by Gasteiger charge is 2.39. The summed E-state index contributed by atoms with van der Waals surface area (Å²) in [7, 11) is 0. The highest BCUT2D eigenvalue weighted by atomic mass is 127. The van der Waals surface area contributed by atoms with E-state index in [1.807, 2.05) is 18.2 Å². The monoisotopic (exact) mass is 421 g/mol. The maximum Gasteiger partial charge on any atom is 0.188 e. The Hall–Kier alpha value is -0.490. The van der Waals surface area contributed by atoms with Gasteiger partial charge in [0.15, 0.2) is 5.96 Å². The van der Waals surface area contributed by atoms with E-state index in [1.54, 1.807) is 0 Å². The number of nitrogens with zero attached hydrogens (tertiary/aromatic N) is 1. The van der Waals surface area contributed by atoms with E-state index in [2.05, 4.69) is 30.2 Å². The second kappa shape index (κ2) is 8.22. The highest BCUT2D eigenvalue weighted by Crippen LogP contribution is 2.46. The van der Waals surface area contributed by atoms with Crippen molar-refractivity contribution in [1.82, 2.24) is 5.32 Å². The average Bonchev–Trinajstić information content (AvgIpc) is 2.39. The second-order valence-electron chi connectivity index (χ2n) is 5.77. The minimum Gasteiger partial charge on any atom is -0.370 e. The molecule has 5 heteroatoms. The van der Waals surface area contributed by atoms with E-state index in [1.165, 1.54) is 12.0 Å². The van der Waals surface area contributed by atoms with Crippen molar-refractivity contribution < 1.29 is 0 Å². The van der Waals surface area contributed by atoms with Crippen molar-refractivity contribution in [1.29, 1.82) is 0 Å².